The molecule has 0 bridgehead atoms. The number of benzene rings is 1. The zero-order valence-corrected chi connectivity index (χ0v) is 10.9. The average Bonchev–Trinajstić information content (AvgIpc) is 2.83. The maximum atomic E-state index is 14.2. The molecule has 1 aromatic carbocycles. The Kier molecular flexibility index (Phi) is 2.74. The molecule has 0 spiro atoms. The zero-order valence-electron chi connectivity index (χ0n) is 10.1. The Bertz CT molecular complexity index is 639. The minimum atomic E-state index is -0.570. The van der Waals surface area contributed by atoms with E-state index in [1.807, 2.05) is 15.7 Å². The highest BCUT2D eigenvalue weighted by atomic mass is 35.5. The van der Waals surface area contributed by atoms with Crippen LogP contribution in [0.4, 0.5) is 21.5 Å². The van der Waals surface area contributed by atoms with Gasteiger partial charge in [-0.05, 0) is 6.07 Å². The number of fused-ring (bicyclic) bond motifs is 1. The summed E-state index contributed by atoms with van der Waals surface area (Å²) in [5.74, 6) is 0.303. The van der Waals surface area contributed by atoms with Crippen LogP contribution in [0.15, 0.2) is 18.5 Å². The average molecular weight is 282 g/mol. The molecule has 0 atom stereocenters. The molecule has 0 saturated carbocycles. The van der Waals surface area contributed by atoms with Gasteiger partial charge in [-0.3, -0.25) is 0 Å². The van der Waals surface area contributed by atoms with Crippen LogP contribution in [0.25, 0.3) is 0 Å². The van der Waals surface area contributed by atoms with Crippen molar-refractivity contribution in [3.8, 4) is 0 Å². The van der Waals surface area contributed by atoms with E-state index >= 15 is 0 Å². The van der Waals surface area contributed by atoms with Gasteiger partial charge >= 0.3 is 0 Å². The number of rotatable bonds is 1. The first-order valence-electron chi connectivity index (χ1n) is 5.86. The largest absolute Gasteiger partial charge is 0.397 e. The molecule has 0 aliphatic carbocycles. The number of aromatic nitrogens is 2. The first-order chi connectivity index (χ1) is 9.08. The van der Waals surface area contributed by atoms with E-state index in [9.17, 15) is 4.39 Å². The lowest BCUT2D eigenvalue weighted by molar-refractivity contribution is 0.545. The second-order valence-electron chi connectivity index (χ2n) is 4.49. The summed E-state index contributed by atoms with van der Waals surface area (Å²) in [6.07, 6.45) is 3.64. The predicted octanol–water partition coefficient (Wildman–Crippen LogP) is 1.86. The van der Waals surface area contributed by atoms with Gasteiger partial charge < -0.3 is 20.9 Å². The van der Waals surface area contributed by atoms with Gasteiger partial charge in [-0.15, -0.1) is 0 Å². The molecular weight excluding hydrogens is 269 g/mol. The molecule has 1 aliphatic heterocycles. The van der Waals surface area contributed by atoms with Gasteiger partial charge in [0.2, 0.25) is 0 Å². The summed E-state index contributed by atoms with van der Waals surface area (Å²) < 4.78 is 16.3. The van der Waals surface area contributed by atoms with Crippen LogP contribution in [0.3, 0.4) is 0 Å². The Morgan fingerprint density at radius 2 is 2.05 bits per heavy atom. The van der Waals surface area contributed by atoms with Crippen molar-refractivity contribution in [3.05, 3.63) is 35.1 Å². The number of nitrogens with two attached hydrogens (primary N) is 2. The molecule has 0 saturated heterocycles. The van der Waals surface area contributed by atoms with Crippen molar-refractivity contribution >= 4 is 28.7 Å². The summed E-state index contributed by atoms with van der Waals surface area (Å²) in [4.78, 5) is 6.06. The second-order valence-corrected chi connectivity index (χ2v) is 4.87. The third-order valence-corrected chi connectivity index (χ3v) is 3.68. The Hall–Kier alpha value is -1.95. The van der Waals surface area contributed by atoms with Gasteiger partial charge in [0.1, 0.15) is 10.8 Å². The SMILES string of the molecule is Nc1cc(N)c(N2CCn3ccnc3C2)c(F)c1Cl. The van der Waals surface area contributed by atoms with Crippen molar-refractivity contribution in [2.24, 2.45) is 0 Å². The van der Waals surface area contributed by atoms with Crippen LogP contribution in [-0.2, 0) is 13.1 Å². The Morgan fingerprint density at radius 1 is 1.26 bits per heavy atom. The fraction of sp³-hybridized carbons (Fsp3) is 0.250. The van der Waals surface area contributed by atoms with Crippen LogP contribution < -0.4 is 16.4 Å². The molecule has 3 rings (SSSR count). The standard InChI is InChI=1S/C12H13ClFN5/c13-10-7(15)5-8(16)12(11(10)14)19-4-3-18-2-1-17-9(18)6-19/h1-2,5H,3-4,6,15-16H2. The fourth-order valence-electron chi connectivity index (χ4n) is 2.34. The van der Waals surface area contributed by atoms with Crippen LogP contribution in [0.1, 0.15) is 5.82 Å². The Balaban J connectivity index is 2.03. The number of hydrogen-bond donors (Lipinski definition) is 2. The van der Waals surface area contributed by atoms with Crippen LogP contribution in [0, 0.1) is 5.82 Å². The predicted molar refractivity (Wildman–Crippen MR) is 73.5 cm³/mol. The smallest absolute Gasteiger partial charge is 0.169 e. The number of imidazole rings is 1. The lowest BCUT2D eigenvalue weighted by Gasteiger charge is -2.31. The molecule has 7 heteroatoms. The zero-order chi connectivity index (χ0) is 13.6. The van der Waals surface area contributed by atoms with E-state index in [4.69, 9.17) is 23.1 Å². The quantitative estimate of drug-likeness (QED) is 0.783. The maximum Gasteiger partial charge on any atom is 0.169 e. The highest BCUT2D eigenvalue weighted by molar-refractivity contribution is 6.33. The van der Waals surface area contributed by atoms with Crippen molar-refractivity contribution in [3.63, 3.8) is 0 Å². The van der Waals surface area contributed by atoms with E-state index in [0.29, 0.717) is 24.5 Å². The number of halogens is 2. The number of anilines is 3. The van der Waals surface area contributed by atoms with E-state index in [1.54, 1.807) is 6.20 Å². The lowest BCUT2D eigenvalue weighted by atomic mass is 10.2. The van der Waals surface area contributed by atoms with Crippen molar-refractivity contribution < 1.29 is 4.39 Å². The summed E-state index contributed by atoms with van der Waals surface area (Å²) >= 11 is 5.85. The normalized spacial score (nSPS) is 14.5. The van der Waals surface area contributed by atoms with Crippen molar-refractivity contribution in [1.82, 2.24) is 9.55 Å². The first kappa shape index (κ1) is 12.1. The van der Waals surface area contributed by atoms with E-state index < -0.39 is 5.82 Å². The molecule has 4 N–H and O–H groups in total. The molecular formula is C12H13ClFN5. The van der Waals surface area contributed by atoms with Gasteiger partial charge in [0, 0.05) is 25.5 Å². The van der Waals surface area contributed by atoms with E-state index in [-0.39, 0.29) is 10.7 Å². The summed E-state index contributed by atoms with van der Waals surface area (Å²) in [6.45, 7) is 1.87. The van der Waals surface area contributed by atoms with Gasteiger partial charge in [-0.2, -0.15) is 0 Å². The number of nitrogens with zero attached hydrogens (tertiary/aromatic N) is 3. The minimum absolute atomic E-state index is 0.0851. The summed E-state index contributed by atoms with van der Waals surface area (Å²) in [5, 5.41) is -0.0851. The Labute approximate surface area is 114 Å². The highest BCUT2D eigenvalue weighted by Gasteiger charge is 2.24. The second kappa shape index (κ2) is 4.31. The molecule has 0 radical (unpaired) electrons. The summed E-state index contributed by atoms with van der Waals surface area (Å²) in [7, 11) is 0. The van der Waals surface area contributed by atoms with Crippen molar-refractivity contribution in [2.75, 3.05) is 22.9 Å². The van der Waals surface area contributed by atoms with E-state index in [2.05, 4.69) is 4.98 Å². The molecule has 19 heavy (non-hydrogen) atoms. The van der Waals surface area contributed by atoms with Gasteiger partial charge in [0.05, 0.1) is 23.6 Å². The van der Waals surface area contributed by atoms with Gasteiger partial charge in [-0.1, -0.05) is 11.6 Å². The minimum Gasteiger partial charge on any atom is -0.397 e. The molecule has 0 unspecified atom stereocenters. The fourth-order valence-corrected chi connectivity index (χ4v) is 2.49. The molecule has 0 fully saturated rings. The molecule has 0 amide bonds. The Morgan fingerprint density at radius 3 is 2.84 bits per heavy atom. The van der Waals surface area contributed by atoms with Crippen molar-refractivity contribution in [1.29, 1.82) is 0 Å². The monoisotopic (exact) mass is 281 g/mol. The molecule has 2 heterocycles. The summed E-state index contributed by atoms with van der Waals surface area (Å²) in [6, 6.07) is 1.49. The molecule has 100 valence electrons. The van der Waals surface area contributed by atoms with Crippen LogP contribution in [0.5, 0.6) is 0 Å². The molecule has 2 aromatic rings. The molecule has 5 nitrogen and oxygen atoms in total. The van der Waals surface area contributed by atoms with Gasteiger partial charge in [0.25, 0.3) is 0 Å². The van der Waals surface area contributed by atoms with E-state index in [0.717, 1.165) is 12.4 Å². The van der Waals surface area contributed by atoms with Crippen LogP contribution >= 0.6 is 11.6 Å². The first-order valence-corrected chi connectivity index (χ1v) is 6.23. The van der Waals surface area contributed by atoms with Crippen molar-refractivity contribution in [2.45, 2.75) is 13.1 Å². The summed E-state index contributed by atoms with van der Waals surface area (Å²) in [5.41, 5.74) is 12.2. The lowest BCUT2D eigenvalue weighted by Crippen LogP contribution is -2.34. The maximum absolute atomic E-state index is 14.2. The topological polar surface area (TPSA) is 73.1 Å². The number of hydrogen-bond acceptors (Lipinski definition) is 4. The van der Waals surface area contributed by atoms with Crippen LogP contribution in [0.2, 0.25) is 5.02 Å². The van der Waals surface area contributed by atoms with E-state index in [1.165, 1.54) is 6.07 Å². The molecule has 1 aromatic heterocycles. The third kappa shape index (κ3) is 1.88. The highest BCUT2D eigenvalue weighted by Crippen LogP contribution is 2.37. The van der Waals surface area contributed by atoms with Crippen LogP contribution in [-0.4, -0.2) is 16.1 Å². The van der Waals surface area contributed by atoms with Gasteiger partial charge in [-0.25, -0.2) is 9.37 Å². The third-order valence-electron chi connectivity index (χ3n) is 3.30. The number of nitrogen functional groups attached to an aromatic ring is 2. The molecule has 1 aliphatic rings. The van der Waals surface area contributed by atoms with Gasteiger partial charge in [0.15, 0.2) is 5.82 Å².